The molecular weight excluding hydrogens is 540 g/mol. The Morgan fingerprint density at radius 1 is 1.23 bits per heavy atom. The number of benzene rings is 1. The van der Waals surface area contributed by atoms with Crippen molar-refractivity contribution in [2.24, 2.45) is 5.92 Å². The number of anilines is 1. The Morgan fingerprint density at radius 2 is 2.00 bits per heavy atom. The molecule has 8 nitrogen and oxygen atoms in total. The fourth-order valence-electron chi connectivity index (χ4n) is 5.11. The van der Waals surface area contributed by atoms with Gasteiger partial charge in [-0.1, -0.05) is 23.2 Å². The largest absolute Gasteiger partial charge is 0.486 e. The Morgan fingerprint density at radius 3 is 2.69 bits per heavy atom. The van der Waals surface area contributed by atoms with Crippen LogP contribution in [0.25, 0.3) is 22.2 Å². The first-order chi connectivity index (χ1) is 18.9. The number of ether oxygens (including phenoxy) is 1. The molecule has 6 rings (SSSR count). The van der Waals surface area contributed by atoms with Crippen molar-refractivity contribution in [1.29, 1.82) is 5.26 Å². The predicted molar refractivity (Wildman–Crippen MR) is 148 cm³/mol. The van der Waals surface area contributed by atoms with Gasteiger partial charge in [-0.25, -0.2) is 9.37 Å². The summed E-state index contributed by atoms with van der Waals surface area (Å²) in [5.41, 5.74) is 2.23. The van der Waals surface area contributed by atoms with Crippen molar-refractivity contribution >= 4 is 39.9 Å². The Labute approximate surface area is 235 Å². The highest BCUT2D eigenvalue weighted by Crippen LogP contribution is 2.37. The van der Waals surface area contributed by atoms with E-state index in [0.717, 1.165) is 17.4 Å². The van der Waals surface area contributed by atoms with Crippen LogP contribution in [0.2, 0.25) is 10.0 Å². The lowest BCUT2D eigenvalue weighted by atomic mass is 9.86. The van der Waals surface area contributed by atoms with Gasteiger partial charge in [0, 0.05) is 48.2 Å². The van der Waals surface area contributed by atoms with Gasteiger partial charge in [-0.3, -0.25) is 10.1 Å². The number of H-pyrrole nitrogens is 1. The lowest BCUT2D eigenvalue weighted by molar-refractivity contribution is 0.227. The molecule has 11 heteroatoms. The van der Waals surface area contributed by atoms with E-state index in [4.69, 9.17) is 27.9 Å². The van der Waals surface area contributed by atoms with E-state index in [1.807, 2.05) is 30.0 Å². The summed E-state index contributed by atoms with van der Waals surface area (Å²) >= 11 is 12.6. The van der Waals surface area contributed by atoms with Gasteiger partial charge in [-0.2, -0.15) is 10.4 Å². The maximum Gasteiger partial charge on any atom is 0.166 e. The third kappa shape index (κ3) is 5.12. The summed E-state index contributed by atoms with van der Waals surface area (Å²) in [5, 5.41) is 21.9. The zero-order valence-corrected chi connectivity index (χ0v) is 22.7. The topological polar surface area (TPSA) is 103 Å². The molecule has 1 aliphatic carbocycles. The van der Waals surface area contributed by atoms with Gasteiger partial charge in [0.25, 0.3) is 0 Å². The predicted octanol–water partition coefficient (Wildman–Crippen LogP) is 6.08. The fraction of sp³-hybridized carbons (Fsp3) is 0.357. The van der Waals surface area contributed by atoms with Gasteiger partial charge >= 0.3 is 0 Å². The second kappa shape index (κ2) is 10.3. The minimum atomic E-state index is -0.431. The van der Waals surface area contributed by atoms with E-state index < -0.39 is 11.9 Å². The number of fused-ring (bicyclic) bond motifs is 1. The summed E-state index contributed by atoms with van der Waals surface area (Å²) in [5.74, 6) is 1.14. The van der Waals surface area contributed by atoms with E-state index in [9.17, 15) is 5.26 Å². The average Bonchev–Trinajstić information content (AvgIpc) is 3.62. The Kier molecular flexibility index (Phi) is 6.79. The van der Waals surface area contributed by atoms with Crippen LogP contribution in [0.5, 0.6) is 5.75 Å². The molecule has 1 saturated carbocycles. The number of aromatic amines is 1. The average molecular weight is 566 g/mol. The maximum absolute atomic E-state index is 15.3. The second-order valence-electron chi connectivity index (χ2n) is 10.4. The molecule has 2 N–H and O–H groups in total. The highest BCUT2D eigenvalue weighted by molar-refractivity contribution is 6.35. The van der Waals surface area contributed by atoms with Gasteiger partial charge in [0.15, 0.2) is 11.6 Å². The molecule has 39 heavy (non-hydrogen) atoms. The number of nitriles is 1. The summed E-state index contributed by atoms with van der Waals surface area (Å²) in [6, 6.07) is 9.24. The van der Waals surface area contributed by atoms with Crippen LogP contribution in [0, 0.1) is 23.1 Å². The van der Waals surface area contributed by atoms with E-state index in [-0.39, 0.29) is 11.4 Å². The molecule has 4 heterocycles. The monoisotopic (exact) mass is 565 g/mol. The number of nitrogens with zero attached hydrogens (tertiary/aromatic N) is 5. The number of halogens is 3. The SMILES string of the molecule is C[C@@H](Oc1ccc2[nH]nc(-c3cnc(N4CC(CC#N)(NCC5CC5)C4)c(F)c3)c2c1)c1c(Cl)cncc1Cl. The van der Waals surface area contributed by atoms with Crippen molar-refractivity contribution in [3.8, 4) is 23.1 Å². The Hall–Kier alpha value is -3.45. The van der Waals surface area contributed by atoms with Crippen LogP contribution in [-0.4, -0.2) is 45.3 Å². The number of hydrogen-bond acceptors (Lipinski definition) is 7. The van der Waals surface area contributed by atoms with E-state index in [1.54, 1.807) is 6.20 Å². The van der Waals surface area contributed by atoms with Crippen molar-refractivity contribution < 1.29 is 9.13 Å². The molecule has 200 valence electrons. The molecule has 0 unspecified atom stereocenters. The first-order valence-electron chi connectivity index (χ1n) is 12.8. The van der Waals surface area contributed by atoms with E-state index in [0.29, 0.717) is 58.0 Å². The zero-order valence-electron chi connectivity index (χ0n) is 21.2. The van der Waals surface area contributed by atoms with Crippen LogP contribution in [0.1, 0.15) is 37.9 Å². The minimum Gasteiger partial charge on any atom is -0.486 e. The van der Waals surface area contributed by atoms with Crippen molar-refractivity contribution in [2.45, 2.75) is 37.8 Å². The third-order valence-electron chi connectivity index (χ3n) is 7.41. The number of rotatable bonds is 9. The van der Waals surface area contributed by atoms with Crippen molar-refractivity contribution in [3.63, 3.8) is 0 Å². The van der Waals surface area contributed by atoms with Gasteiger partial charge in [-0.15, -0.1) is 0 Å². The minimum absolute atomic E-state index is 0.282. The first-order valence-corrected chi connectivity index (χ1v) is 13.6. The zero-order chi connectivity index (χ0) is 27.1. The second-order valence-corrected chi connectivity index (χ2v) is 11.2. The standard InChI is InChI=1S/C28H26Cl2FN7O/c1-16(25-21(29)12-33-13-22(25)30)39-19-4-5-24-20(9-19)26(37-36-24)18-8-23(31)27(34-11-18)38-14-28(15-38,6-7-32)35-10-17-2-3-17/h4-5,8-9,11-13,16-17,35H,2-3,6,10,14-15H2,1H3,(H,36,37)/t16-/m1/s1. The van der Waals surface area contributed by atoms with Gasteiger partial charge < -0.3 is 15.0 Å². The summed E-state index contributed by atoms with van der Waals surface area (Å²) in [6.45, 7) is 3.86. The Balaban J connectivity index is 1.21. The van der Waals surface area contributed by atoms with Gasteiger partial charge in [0.2, 0.25) is 0 Å². The van der Waals surface area contributed by atoms with Gasteiger partial charge in [0.05, 0.1) is 33.6 Å². The summed E-state index contributed by atoms with van der Waals surface area (Å²) in [4.78, 5) is 10.3. The number of pyridine rings is 2. The molecule has 2 fully saturated rings. The van der Waals surface area contributed by atoms with Gasteiger partial charge in [-0.05, 0) is 56.5 Å². The molecule has 0 radical (unpaired) electrons. The maximum atomic E-state index is 15.3. The van der Waals surface area contributed by atoms with Crippen LogP contribution < -0.4 is 15.0 Å². The normalized spacial score (nSPS) is 17.1. The summed E-state index contributed by atoms with van der Waals surface area (Å²) < 4.78 is 21.4. The molecule has 1 aliphatic heterocycles. The number of aromatic nitrogens is 4. The van der Waals surface area contributed by atoms with Crippen LogP contribution >= 0.6 is 23.2 Å². The van der Waals surface area contributed by atoms with Crippen LogP contribution in [-0.2, 0) is 0 Å². The highest BCUT2D eigenvalue weighted by Gasteiger charge is 2.44. The fourth-order valence-corrected chi connectivity index (χ4v) is 5.78. The molecule has 0 amide bonds. The molecule has 0 spiro atoms. The molecule has 4 aromatic rings. The van der Waals surface area contributed by atoms with Crippen molar-refractivity contribution in [2.75, 3.05) is 24.5 Å². The molecular formula is C28H26Cl2FN7O. The molecule has 1 saturated heterocycles. The summed E-state index contributed by atoms with van der Waals surface area (Å²) in [7, 11) is 0. The first kappa shape index (κ1) is 25.8. The van der Waals surface area contributed by atoms with Crippen molar-refractivity contribution in [1.82, 2.24) is 25.5 Å². The van der Waals surface area contributed by atoms with Crippen LogP contribution in [0.3, 0.4) is 0 Å². The smallest absolute Gasteiger partial charge is 0.166 e. The lowest BCUT2D eigenvalue weighted by Gasteiger charge is -2.50. The van der Waals surface area contributed by atoms with E-state index >= 15 is 4.39 Å². The van der Waals surface area contributed by atoms with E-state index in [2.05, 4.69) is 31.6 Å². The number of nitrogens with one attached hydrogen (secondary N) is 2. The van der Waals surface area contributed by atoms with Crippen LogP contribution in [0.4, 0.5) is 10.2 Å². The Bertz CT molecular complexity index is 1560. The van der Waals surface area contributed by atoms with E-state index in [1.165, 1.54) is 31.3 Å². The third-order valence-corrected chi connectivity index (χ3v) is 8.01. The van der Waals surface area contributed by atoms with Crippen molar-refractivity contribution in [3.05, 3.63) is 64.3 Å². The quantitative estimate of drug-likeness (QED) is 0.253. The number of hydrogen-bond donors (Lipinski definition) is 2. The molecule has 1 atom stereocenters. The molecule has 3 aromatic heterocycles. The molecule has 1 aromatic carbocycles. The lowest BCUT2D eigenvalue weighted by Crippen LogP contribution is -2.69. The molecule has 2 aliphatic rings. The summed E-state index contributed by atoms with van der Waals surface area (Å²) in [6.07, 6.45) is 7.11. The highest BCUT2D eigenvalue weighted by atomic mass is 35.5. The van der Waals surface area contributed by atoms with Gasteiger partial charge in [0.1, 0.15) is 17.5 Å². The van der Waals surface area contributed by atoms with Crippen LogP contribution in [0.15, 0.2) is 42.9 Å². The molecule has 0 bridgehead atoms.